The number of benzene rings is 2. The first-order valence-electron chi connectivity index (χ1n) is 8.40. The summed E-state index contributed by atoms with van der Waals surface area (Å²) in [6.07, 6.45) is 0.899. The van der Waals surface area contributed by atoms with Crippen LogP contribution >= 0.6 is 11.3 Å². The van der Waals surface area contributed by atoms with Gasteiger partial charge in [-0.3, -0.25) is 4.79 Å². The van der Waals surface area contributed by atoms with Crippen molar-refractivity contribution < 1.29 is 9.53 Å². The predicted octanol–water partition coefficient (Wildman–Crippen LogP) is 5.15. The zero-order valence-electron chi connectivity index (χ0n) is 14.3. The minimum atomic E-state index is 0.0257. The summed E-state index contributed by atoms with van der Waals surface area (Å²) < 4.78 is 5.81. The van der Waals surface area contributed by atoms with E-state index in [2.05, 4.69) is 13.0 Å². The number of hydrogen-bond donors (Lipinski definition) is 0. The predicted molar refractivity (Wildman–Crippen MR) is 103 cm³/mol. The Bertz CT molecular complexity index is 945. The van der Waals surface area contributed by atoms with Gasteiger partial charge in [-0.15, -0.1) is 11.3 Å². The molecule has 4 heteroatoms. The molecule has 0 bridgehead atoms. The number of carbonyl (C=O) groups excluding carboxylic acids is 1. The van der Waals surface area contributed by atoms with E-state index in [4.69, 9.17) is 4.74 Å². The van der Waals surface area contributed by atoms with Gasteiger partial charge in [-0.1, -0.05) is 37.3 Å². The Kier molecular flexibility index (Phi) is 4.06. The fourth-order valence-electron chi connectivity index (χ4n) is 3.22. The van der Waals surface area contributed by atoms with Crippen LogP contribution in [-0.2, 0) is 13.0 Å². The van der Waals surface area contributed by atoms with Gasteiger partial charge in [0, 0.05) is 28.7 Å². The number of hydrogen-bond acceptors (Lipinski definition) is 3. The van der Waals surface area contributed by atoms with Crippen LogP contribution in [0, 0.1) is 0 Å². The SMILES string of the molecule is CCc1ccccc1N(C)C(=O)c1cc2c(s1)-c1ccccc1OC2. The van der Waals surface area contributed by atoms with Crippen LogP contribution < -0.4 is 9.64 Å². The van der Waals surface area contributed by atoms with Crippen molar-refractivity contribution in [3.63, 3.8) is 0 Å². The number of rotatable bonds is 3. The number of carbonyl (C=O) groups is 1. The molecule has 126 valence electrons. The Morgan fingerprint density at radius 3 is 2.76 bits per heavy atom. The Balaban J connectivity index is 1.70. The lowest BCUT2D eigenvalue weighted by Gasteiger charge is -2.19. The van der Waals surface area contributed by atoms with Crippen LogP contribution in [0.15, 0.2) is 54.6 Å². The van der Waals surface area contributed by atoms with Crippen molar-refractivity contribution in [2.45, 2.75) is 20.0 Å². The molecule has 0 radical (unpaired) electrons. The van der Waals surface area contributed by atoms with Gasteiger partial charge in [0.1, 0.15) is 12.4 Å². The van der Waals surface area contributed by atoms with E-state index in [-0.39, 0.29) is 5.91 Å². The summed E-state index contributed by atoms with van der Waals surface area (Å²) in [7, 11) is 1.85. The quantitative estimate of drug-likeness (QED) is 0.655. The van der Waals surface area contributed by atoms with E-state index < -0.39 is 0 Å². The topological polar surface area (TPSA) is 29.5 Å². The largest absolute Gasteiger partial charge is 0.488 e. The number of amides is 1. The molecule has 0 saturated carbocycles. The molecule has 2 heterocycles. The highest BCUT2D eigenvalue weighted by molar-refractivity contribution is 7.17. The average Bonchev–Trinajstić information content (AvgIpc) is 3.11. The highest BCUT2D eigenvalue weighted by Crippen LogP contribution is 2.42. The molecule has 0 N–H and O–H groups in total. The van der Waals surface area contributed by atoms with Gasteiger partial charge < -0.3 is 9.64 Å². The monoisotopic (exact) mass is 349 g/mol. The van der Waals surface area contributed by atoms with Gasteiger partial charge in [0.15, 0.2) is 0 Å². The maximum atomic E-state index is 13.0. The maximum absolute atomic E-state index is 13.0. The molecule has 25 heavy (non-hydrogen) atoms. The van der Waals surface area contributed by atoms with Crippen LogP contribution in [0.1, 0.15) is 27.7 Å². The van der Waals surface area contributed by atoms with E-state index >= 15 is 0 Å². The molecule has 3 nitrogen and oxygen atoms in total. The number of ether oxygens (including phenoxy) is 1. The Morgan fingerprint density at radius 1 is 1.16 bits per heavy atom. The molecule has 1 amide bonds. The second kappa shape index (κ2) is 6.37. The lowest BCUT2D eigenvalue weighted by Crippen LogP contribution is -2.26. The van der Waals surface area contributed by atoms with E-state index in [0.29, 0.717) is 6.61 Å². The molecule has 0 aliphatic carbocycles. The van der Waals surface area contributed by atoms with Crippen molar-refractivity contribution in [2.24, 2.45) is 0 Å². The van der Waals surface area contributed by atoms with Crippen molar-refractivity contribution in [3.05, 3.63) is 70.6 Å². The van der Waals surface area contributed by atoms with Gasteiger partial charge in [0.2, 0.25) is 0 Å². The van der Waals surface area contributed by atoms with Crippen molar-refractivity contribution in [1.29, 1.82) is 0 Å². The van der Waals surface area contributed by atoms with E-state index in [1.54, 1.807) is 16.2 Å². The van der Waals surface area contributed by atoms with E-state index in [1.165, 1.54) is 5.56 Å². The van der Waals surface area contributed by atoms with Crippen LogP contribution in [0.3, 0.4) is 0 Å². The third kappa shape index (κ3) is 2.72. The summed E-state index contributed by atoms with van der Waals surface area (Å²) >= 11 is 1.55. The fraction of sp³-hybridized carbons (Fsp3) is 0.190. The first-order chi connectivity index (χ1) is 12.2. The van der Waals surface area contributed by atoms with Crippen molar-refractivity contribution >= 4 is 22.9 Å². The third-order valence-corrected chi connectivity index (χ3v) is 5.77. The summed E-state index contributed by atoms with van der Waals surface area (Å²) in [5.74, 6) is 0.915. The number of aryl methyl sites for hydroxylation is 1. The molecule has 3 aromatic rings. The second-order valence-electron chi connectivity index (χ2n) is 6.10. The van der Waals surface area contributed by atoms with Gasteiger partial charge in [-0.25, -0.2) is 0 Å². The fourth-order valence-corrected chi connectivity index (χ4v) is 4.39. The summed E-state index contributed by atoms with van der Waals surface area (Å²) in [5, 5.41) is 0. The van der Waals surface area contributed by atoms with Gasteiger partial charge in [-0.05, 0) is 36.2 Å². The minimum Gasteiger partial charge on any atom is -0.488 e. The zero-order chi connectivity index (χ0) is 17.4. The smallest absolute Gasteiger partial charge is 0.268 e. The van der Waals surface area contributed by atoms with Gasteiger partial charge in [0.25, 0.3) is 5.91 Å². The normalized spacial score (nSPS) is 12.1. The van der Waals surface area contributed by atoms with Gasteiger partial charge >= 0.3 is 0 Å². The van der Waals surface area contributed by atoms with Crippen molar-refractivity contribution in [1.82, 2.24) is 0 Å². The van der Waals surface area contributed by atoms with E-state index in [9.17, 15) is 4.79 Å². The van der Waals surface area contributed by atoms with Crippen LogP contribution in [0.4, 0.5) is 5.69 Å². The van der Waals surface area contributed by atoms with Gasteiger partial charge in [-0.2, -0.15) is 0 Å². The Morgan fingerprint density at radius 2 is 1.92 bits per heavy atom. The molecule has 0 saturated heterocycles. The number of anilines is 1. The first kappa shape index (κ1) is 15.9. The highest BCUT2D eigenvalue weighted by Gasteiger charge is 2.24. The summed E-state index contributed by atoms with van der Waals surface area (Å²) in [6.45, 7) is 2.63. The summed E-state index contributed by atoms with van der Waals surface area (Å²) in [5.41, 5.74) is 4.31. The molecule has 0 fully saturated rings. The summed E-state index contributed by atoms with van der Waals surface area (Å²) in [4.78, 5) is 16.7. The molecule has 0 atom stereocenters. The Hall–Kier alpha value is -2.59. The van der Waals surface area contributed by atoms with Crippen molar-refractivity contribution in [2.75, 3.05) is 11.9 Å². The molecule has 1 aliphatic heterocycles. The number of thiophene rings is 1. The van der Waals surface area contributed by atoms with E-state index in [1.807, 2.05) is 55.6 Å². The average molecular weight is 349 g/mol. The summed E-state index contributed by atoms with van der Waals surface area (Å²) in [6, 6.07) is 18.0. The molecule has 0 unspecified atom stereocenters. The van der Waals surface area contributed by atoms with Crippen LogP contribution in [0.5, 0.6) is 5.75 Å². The van der Waals surface area contributed by atoms with E-state index in [0.717, 1.165) is 38.7 Å². The molecule has 1 aromatic heterocycles. The van der Waals surface area contributed by atoms with Crippen LogP contribution in [-0.4, -0.2) is 13.0 Å². The second-order valence-corrected chi connectivity index (χ2v) is 7.15. The standard InChI is InChI=1S/C21H19NO2S/c1-3-14-8-4-6-10-17(14)22(2)21(23)19-12-15-13-24-18-11-7-5-9-16(18)20(15)25-19/h4-12H,3,13H2,1-2H3. The van der Waals surface area contributed by atoms with Crippen molar-refractivity contribution in [3.8, 4) is 16.2 Å². The Labute approximate surface area is 151 Å². The minimum absolute atomic E-state index is 0.0257. The van der Waals surface area contributed by atoms with Gasteiger partial charge in [0.05, 0.1) is 4.88 Å². The molecule has 2 aromatic carbocycles. The number of nitrogens with zero attached hydrogens (tertiary/aromatic N) is 1. The number of fused-ring (bicyclic) bond motifs is 3. The first-order valence-corrected chi connectivity index (χ1v) is 9.21. The third-order valence-electron chi connectivity index (χ3n) is 4.57. The lowest BCUT2D eigenvalue weighted by atomic mass is 10.1. The van der Waals surface area contributed by atoms with Crippen LogP contribution in [0.2, 0.25) is 0 Å². The molecule has 0 spiro atoms. The molecule has 4 rings (SSSR count). The molecular weight excluding hydrogens is 330 g/mol. The number of para-hydroxylation sites is 2. The zero-order valence-corrected chi connectivity index (χ0v) is 15.1. The molecule has 1 aliphatic rings. The maximum Gasteiger partial charge on any atom is 0.268 e. The molecular formula is C21H19NO2S. The highest BCUT2D eigenvalue weighted by atomic mass is 32.1. The lowest BCUT2D eigenvalue weighted by molar-refractivity contribution is 0.0996. The van der Waals surface area contributed by atoms with Crippen LogP contribution in [0.25, 0.3) is 10.4 Å².